The molecule has 3 N–H and O–H groups in total. The number of nitrogen functional groups attached to an aromatic ring is 1. The lowest BCUT2D eigenvalue weighted by Crippen LogP contribution is -2.40. The van der Waals surface area contributed by atoms with E-state index in [1.165, 1.54) is 0 Å². The van der Waals surface area contributed by atoms with Gasteiger partial charge >= 0.3 is 6.18 Å². The van der Waals surface area contributed by atoms with Crippen LogP contribution in [0.2, 0.25) is 0 Å². The second-order valence-corrected chi connectivity index (χ2v) is 7.48. The second-order valence-electron chi connectivity index (χ2n) is 7.48. The zero-order valence-corrected chi connectivity index (χ0v) is 17.0. The van der Waals surface area contributed by atoms with Crippen LogP contribution in [0.4, 0.5) is 24.5 Å². The number of aryl methyl sites for hydroxylation is 1. The number of benzene rings is 1. The normalized spacial score (nSPS) is 22.4. The number of nitrogens with zero attached hydrogens (tertiary/aromatic N) is 1. The third-order valence-corrected chi connectivity index (χ3v) is 5.60. The van der Waals surface area contributed by atoms with E-state index in [-0.39, 0.29) is 24.8 Å². The summed E-state index contributed by atoms with van der Waals surface area (Å²) in [4.78, 5) is 15.0. The molecule has 0 unspecified atom stereocenters. The number of carbonyl (C=O) groups is 1. The van der Waals surface area contributed by atoms with Crippen LogP contribution in [0.5, 0.6) is 0 Å². The van der Waals surface area contributed by atoms with Crippen LogP contribution >= 0.6 is 0 Å². The van der Waals surface area contributed by atoms with Gasteiger partial charge in [0.2, 0.25) is 0 Å². The van der Waals surface area contributed by atoms with Crippen molar-refractivity contribution in [1.29, 1.82) is 0 Å². The van der Waals surface area contributed by atoms with Crippen molar-refractivity contribution in [2.45, 2.75) is 71.5 Å². The molecule has 1 saturated carbocycles. The summed E-state index contributed by atoms with van der Waals surface area (Å²) in [7, 11) is 0. The molecule has 158 valence electrons. The number of hydrogen-bond donors (Lipinski definition) is 2. The van der Waals surface area contributed by atoms with Gasteiger partial charge in [-0.3, -0.25) is 4.79 Å². The largest absolute Gasteiger partial charge is 0.398 e. The van der Waals surface area contributed by atoms with Crippen molar-refractivity contribution >= 4 is 17.3 Å². The van der Waals surface area contributed by atoms with Crippen molar-refractivity contribution in [2.24, 2.45) is 5.92 Å². The number of carbonyl (C=O) groups excluding carboxylic acids is 1. The summed E-state index contributed by atoms with van der Waals surface area (Å²) in [5.74, 6) is -1.49. The topological polar surface area (TPSA) is 58.4 Å². The van der Waals surface area contributed by atoms with Crippen LogP contribution in [0.15, 0.2) is 12.1 Å². The fourth-order valence-corrected chi connectivity index (χ4v) is 3.94. The van der Waals surface area contributed by atoms with Crippen molar-refractivity contribution in [3.8, 4) is 0 Å². The van der Waals surface area contributed by atoms with Gasteiger partial charge in [-0.1, -0.05) is 13.8 Å². The Balaban J connectivity index is 0.00000136. The maximum Gasteiger partial charge on any atom is 0.391 e. The Bertz CT molecular complexity index is 662. The van der Waals surface area contributed by atoms with E-state index in [0.29, 0.717) is 24.1 Å². The van der Waals surface area contributed by atoms with Crippen LogP contribution < -0.4 is 16.0 Å². The van der Waals surface area contributed by atoms with Crippen LogP contribution in [-0.4, -0.2) is 31.2 Å². The van der Waals surface area contributed by atoms with E-state index >= 15 is 0 Å². The van der Waals surface area contributed by atoms with Crippen LogP contribution in [0.3, 0.4) is 0 Å². The Kier molecular flexibility index (Phi) is 7.61. The Morgan fingerprint density at radius 2 is 1.68 bits per heavy atom. The molecule has 1 aliphatic carbocycles. The minimum absolute atomic E-state index is 0.0729. The first-order chi connectivity index (χ1) is 13.3. The molecule has 1 heterocycles. The number of hydrogen-bond acceptors (Lipinski definition) is 3. The Morgan fingerprint density at radius 3 is 2.21 bits per heavy atom. The molecule has 0 spiro atoms. The monoisotopic (exact) mass is 399 g/mol. The van der Waals surface area contributed by atoms with E-state index in [2.05, 4.69) is 10.2 Å². The van der Waals surface area contributed by atoms with Gasteiger partial charge in [-0.15, -0.1) is 0 Å². The maximum absolute atomic E-state index is 12.8. The highest BCUT2D eigenvalue weighted by Gasteiger charge is 2.41. The lowest BCUT2D eigenvalue weighted by Gasteiger charge is -2.31. The average Bonchev–Trinajstić information content (AvgIpc) is 3.19. The van der Waals surface area contributed by atoms with E-state index in [1.807, 2.05) is 26.8 Å². The quantitative estimate of drug-likeness (QED) is 0.699. The van der Waals surface area contributed by atoms with Crippen molar-refractivity contribution in [1.82, 2.24) is 5.32 Å². The van der Waals surface area contributed by atoms with Crippen molar-refractivity contribution < 1.29 is 18.0 Å². The Labute approximate surface area is 165 Å². The molecular weight excluding hydrogens is 367 g/mol. The lowest BCUT2D eigenvalue weighted by molar-refractivity contribution is -0.182. The van der Waals surface area contributed by atoms with Crippen molar-refractivity contribution in [2.75, 3.05) is 23.7 Å². The molecule has 4 nitrogen and oxygen atoms in total. The van der Waals surface area contributed by atoms with Gasteiger partial charge in [0.25, 0.3) is 5.91 Å². The molecule has 0 aromatic heterocycles. The number of nitrogens with one attached hydrogen (secondary N) is 1. The summed E-state index contributed by atoms with van der Waals surface area (Å²) < 4.78 is 38.4. The number of nitrogens with two attached hydrogens (primary N) is 1. The van der Waals surface area contributed by atoms with Crippen molar-refractivity contribution in [3.63, 3.8) is 0 Å². The van der Waals surface area contributed by atoms with Gasteiger partial charge in [-0.2, -0.15) is 13.2 Å². The lowest BCUT2D eigenvalue weighted by atomic mass is 9.85. The summed E-state index contributed by atoms with van der Waals surface area (Å²) >= 11 is 0. The third kappa shape index (κ3) is 5.32. The number of halogens is 3. The highest BCUT2D eigenvalue weighted by molar-refractivity contribution is 6.01. The Hall–Kier alpha value is -1.92. The van der Waals surface area contributed by atoms with E-state index in [0.717, 1.165) is 37.2 Å². The zero-order chi connectivity index (χ0) is 20.9. The first-order valence-corrected chi connectivity index (χ1v) is 10.3. The number of alkyl halides is 3. The molecule has 2 aliphatic rings. The summed E-state index contributed by atoms with van der Waals surface area (Å²) in [6, 6.07) is 3.42. The summed E-state index contributed by atoms with van der Waals surface area (Å²) in [6.45, 7) is 7.72. The van der Waals surface area contributed by atoms with Crippen LogP contribution in [0, 0.1) is 12.8 Å². The summed E-state index contributed by atoms with van der Waals surface area (Å²) in [5, 5.41) is 2.93. The standard InChI is InChI=1S/C19H26F3N3O.C2H6/c1-12-10-17(25-8-2-3-9-25)15(11-16(12)23)18(26)24-14-6-4-13(5-7-14)19(20,21)22;1-2/h10-11,13-14H,2-9,23H2,1H3,(H,24,26);1-2H3. The fourth-order valence-electron chi connectivity index (χ4n) is 3.94. The van der Waals surface area contributed by atoms with Crippen molar-refractivity contribution in [3.05, 3.63) is 23.3 Å². The molecule has 0 atom stereocenters. The highest BCUT2D eigenvalue weighted by Crippen LogP contribution is 2.37. The number of anilines is 2. The molecule has 7 heteroatoms. The zero-order valence-electron chi connectivity index (χ0n) is 17.0. The minimum atomic E-state index is -4.14. The first kappa shape index (κ1) is 22.4. The number of rotatable bonds is 3. The average molecular weight is 400 g/mol. The molecule has 3 rings (SSSR count). The molecular formula is C21H32F3N3O. The van der Waals surface area contributed by atoms with Crippen LogP contribution in [-0.2, 0) is 0 Å². The molecule has 1 aliphatic heterocycles. The molecule has 0 bridgehead atoms. The van der Waals surface area contributed by atoms with Gasteiger partial charge in [0.05, 0.1) is 11.5 Å². The predicted molar refractivity (Wildman–Crippen MR) is 108 cm³/mol. The summed E-state index contributed by atoms with van der Waals surface area (Å²) in [6.07, 6.45) is -1.10. The van der Waals surface area contributed by atoms with Gasteiger partial charge < -0.3 is 16.0 Å². The molecule has 1 saturated heterocycles. The molecule has 1 aromatic rings. The van der Waals surface area contributed by atoms with Gasteiger partial charge in [0.15, 0.2) is 0 Å². The maximum atomic E-state index is 12.8. The predicted octanol–water partition coefficient (Wildman–Crippen LogP) is 5.05. The highest BCUT2D eigenvalue weighted by atomic mass is 19.4. The Morgan fingerprint density at radius 1 is 1.11 bits per heavy atom. The van der Waals surface area contributed by atoms with Gasteiger partial charge in [0.1, 0.15) is 0 Å². The van der Waals surface area contributed by atoms with E-state index in [9.17, 15) is 18.0 Å². The second kappa shape index (κ2) is 9.52. The van der Waals surface area contributed by atoms with E-state index in [4.69, 9.17) is 5.73 Å². The first-order valence-electron chi connectivity index (χ1n) is 10.3. The molecule has 1 aromatic carbocycles. The van der Waals surface area contributed by atoms with Gasteiger partial charge in [0, 0.05) is 30.5 Å². The van der Waals surface area contributed by atoms with Gasteiger partial charge in [-0.25, -0.2) is 0 Å². The van der Waals surface area contributed by atoms with Crippen LogP contribution in [0.25, 0.3) is 0 Å². The molecule has 2 fully saturated rings. The smallest absolute Gasteiger partial charge is 0.391 e. The third-order valence-electron chi connectivity index (χ3n) is 5.60. The molecule has 28 heavy (non-hydrogen) atoms. The SMILES string of the molecule is CC.Cc1cc(N2CCCC2)c(C(=O)NC2CCC(C(F)(F)F)CC2)cc1N. The number of amides is 1. The summed E-state index contributed by atoms with van der Waals surface area (Å²) in [5.41, 5.74) is 8.87. The van der Waals surface area contributed by atoms with Crippen LogP contribution in [0.1, 0.15) is 68.3 Å². The molecule has 1 amide bonds. The van der Waals surface area contributed by atoms with E-state index in [1.54, 1.807) is 6.07 Å². The van der Waals surface area contributed by atoms with E-state index < -0.39 is 12.1 Å². The molecule has 0 radical (unpaired) electrons. The fraction of sp³-hybridized carbons (Fsp3) is 0.667. The minimum Gasteiger partial charge on any atom is -0.398 e. The van der Waals surface area contributed by atoms with Gasteiger partial charge in [-0.05, 0) is 63.1 Å².